The fourth-order valence-corrected chi connectivity index (χ4v) is 5.62. The largest absolute Gasteiger partial charge is 0.507 e. The van der Waals surface area contributed by atoms with E-state index in [0.717, 1.165) is 22.4 Å². The Morgan fingerprint density at radius 2 is 1.55 bits per heavy atom. The van der Waals surface area contributed by atoms with Crippen LogP contribution in [0.15, 0.2) is 47.6 Å². The van der Waals surface area contributed by atoms with E-state index in [4.69, 9.17) is 5.10 Å². The van der Waals surface area contributed by atoms with Crippen molar-refractivity contribution in [2.24, 2.45) is 5.10 Å². The van der Waals surface area contributed by atoms with E-state index in [2.05, 4.69) is 41.5 Å². The molecule has 2 aromatic carbocycles. The first-order chi connectivity index (χ1) is 14.3. The van der Waals surface area contributed by atoms with Crippen LogP contribution in [0.4, 0.5) is 5.69 Å². The van der Waals surface area contributed by atoms with Gasteiger partial charge in [-0.2, -0.15) is 5.10 Å². The fraction of sp³-hybridized carbons (Fsp3) is 0.480. The van der Waals surface area contributed by atoms with Gasteiger partial charge in [0.25, 0.3) is 0 Å². The van der Waals surface area contributed by atoms with Crippen molar-refractivity contribution in [3.63, 3.8) is 0 Å². The summed E-state index contributed by atoms with van der Waals surface area (Å²) in [5.41, 5.74) is 3.03. The van der Waals surface area contributed by atoms with Crippen LogP contribution in [0.5, 0.6) is 5.75 Å². The number of para-hydroxylation sites is 1. The Bertz CT molecular complexity index is 1030. The molecule has 168 valence electrons. The normalized spacial score (nSPS) is 19.1. The first kappa shape index (κ1) is 23.3. The molecule has 1 fully saturated rings. The second-order valence-corrected chi connectivity index (χ2v) is 12.7. The number of nitrogens with zero attached hydrogens (tertiary/aromatic N) is 2. The lowest BCUT2D eigenvalue weighted by molar-refractivity contribution is 0.423. The molecule has 0 saturated carbocycles. The molecule has 31 heavy (non-hydrogen) atoms. The van der Waals surface area contributed by atoms with Gasteiger partial charge in [-0.25, -0.2) is 8.42 Å². The van der Waals surface area contributed by atoms with Crippen molar-refractivity contribution < 1.29 is 13.5 Å². The van der Waals surface area contributed by atoms with Gasteiger partial charge in [0.05, 0.1) is 29.4 Å². The Hall–Kier alpha value is -2.34. The molecule has 0 aliphatic carbocycles. The lowest BCUT2D eigenvalue weighted by Crippen LogP contribution is -2.32. The number of rotatable bonds is 4. The van der Waals surface area contributed by atoms with E-state index in [0.29, 0.717) is 12.2 Å². The molecular weight excluding hydrogens is 408 g/mol. The molecule has 1 N–H and O–H groups in total. The van der Waals surface area contributed by atoms with Gasteiger partial charge in [0.2, 0.25) is 0 Å². The molecule has 1 unspecified atom stereocenters. The molecule has 0 amide bonds. The van der Waals surface area contributed by atoms with Gasteiger partial charge >= 0.3 is 0 Å². The van der Waals surface area contributed by atoms with Gasteiger partial charge in [0, 0.05) is 11.1 Å². The fourth-order valence-electron chi connectivity index (χ4n) is 3.92. The van der Waals surface area contributed by atoms with Crippen LogP contribution in [-0.4, -0.2) is 37.3 Å². The first-order valence-electron chi connectivity index (χ1n) is 10.7. The Balaban J connectivity index is 2.06. The number of phenolic OH excluding ortho intramolecular Hbond substituents is 1. The van der Waals surface area contributed by atoms with Crippen LogP contribution in [-0.2, 0) is 20.7 Å². The summed E-state index contributed by atoms with van der Waals surface area (Å²) in [6.07, 6.45) is 2.34. The summed E-state index contributed by atoms with van der Waals surface area (Å²) in [6, 6.07) is 13.4. The van der Waals surface area contributed by atoms with Crippen molar-refractivity contribution in [3.05, 3.63) is 59.2 Å². The molecule has 1 atom stereocenters. The van der Waals surface area contributed by atoms with E-state index >= 15 is 0 Å². The molecule has 0 radical (unpaired) electrons. The minimum atomic E-state index is -3.04. The predicted octanol–water partition coefficient (Wildman–Crippen LogP) is 5.01. The molecule has 6 heteroatoms. The molecule has 0 bridgehead atoms. The quantitative estimate of drug-likeness (QED) is 0.533. The highest BCUT2D eigenvalue weighted by molar-refractivity contribution is 7.91. The maximum atomic E-state index is 12.1. The number of sulfone groups is 1. The van der Waals surface area contributed by atoms with Gasteiger partial charge in [-0.15, -0.1) is 0 Å². The predicted molar refractivity (Wildman–Crippen MR) is 129 cm³/mol. The van der Waals surface area contributed by atoms with Gasteiger partial charge in [0.15, 0.2) is 9.84 Å². The van der Waals surface area contributed by atoms with Crippen molar-refractivity contribution in [2.45, 2.75) is 64.8 Å². The number of phenols is 1. The van der Waals surface area contributed by atoms with E-state index in [9.17, 15) is 13.5 Å². The Labute approximate surface area is 186 Å². The summed E-state index contributed by atoms with van der Waals surface area (Å²) in [7, 11) is -3.04. The summed E-state index contributed by atoms with van der Waals surface area (Å²) in [5, 5.41) is 17.5. The third-order valence-electron chi connectivity index (χ3n) is 5.65. The second kappa shape index (κ2) is 8.30. The average Bonchev–Trinajstić information content (AvgIpc) is 3.01. The SMILES string of the molecule is CC(C)(C)c1cc(/C=N/N(c2ccccc2)C2CCS(=O)(=O)C2)cc(C(C)(C)C)c1O. The third-order valence-corrected chi connectivity index (χ3v) is 7.40. The van der Waals surface area contributed by atoms with Crippen LogP contribution < -0.4 is 5.01 Å². The second-order valence-electron chi connectivity index (χ2n) is 10.4. The molecule has 1 aliphatic heterocycles. The number of aromatic hydroxyl groups is 1. The van der Waals surface area contributed by atoms with E-state index in [1.807, 2.05) is 47.5 Å². The standard InChI is InChI=1S/C25H34N2O3S/c1-24(2,3)21-14-18(15-22(23(21)28)25(4,5)6)16-26-27(19-10-8-7-9-11-19)20-12-13-31(29,30)17-20/h7-11,14-16,20,28H,12-13,17H2,1-6H3/b26-16+. The molecule has 2 aromatic rings. The summed E-state index contributed by atoms with van der Waals surface area (Å²) in [6.45, 7) is 12.5. The topological polar surface area (TPSA) is 70.0 Å². The highest BCUT2D eigenvalue weighted by atomic mass is 32.2. The molecule has 1 heterocycles. The number of hydrogen-bond acceptors (Lipinski definition) is 5. The van der Waals surface area contributed by atoms with E-state index in [-0.39, 0.29) is 28.4 Å². The van der Waals surface area contributed by atoms with Crippen LogP contribution in [0, 0.1) is 0 Å². The van der Waals surface area contributed by atoms with Crippen molar-refractivity contribution in [1.82, 2.24) is 0 Å². The van der Waals surface area contributed by atoms with Crippen molar-refractivity contribution in [2.75, 3.05) is 16.5 Å². The summed E-state index contributed by atoms with van der Waals surface area (Å²) in [4.78, 5) is 0. The van der Waals surface area contributed by atoms with Crippen molar-refractivity contribution in [1.29, 1.82) is 0 Å². The van der Waals surface area contributed by atoms with Gasteiger partial charge in [-0.1, -0.05) is 59.7 Å². The van der Waals surface area contributed by atoms with E-state index in [1.54, 1.807) is 6.21 Å². The summed E-state index contributed by atoms with van der Waals surface area (Å²) in [5.74, 6) is 0.631. The smallest absolute Gasteiger partial charge is 0.152 e. The van der Waals surface area contributed by atoms with Crippen molar-refractivity contribution in [3.8, 4) is 5.75 Å². The van der Waals surface area contributed by atoms with E-state index in [1.165, 1.54) is 0 Å². The Morgan fingerprint density at radius 3 is 2.00 bits per heavy atom. The van der Waals surface area contributed by atoms with Crippen LogP contribution in [0.3, 0.4) is 0 Å². The molecular formula is C25H34N2O3S. The number of hydrogen-bond donors (Lipinski definition) is 1. The maximum Gasteiger partial charge on any atom is 0.152 e. The monoisotopic (exact) mass is 442 g/mol. The van der Waals surface area contributed by atoms with Crippen LogP contribution >= 0.6 is 0 Å². The number of anilines is 1. The zero-order valence-corrected chi connectivity index (χ0v) is 20.2. The Kier molecular flexibility index (Phi) is 6.25. The lowest BCUT2D eigenvalue weighted by atomic mass is 9.78. The first-order valence-corrected chi connectivity index (χ1v) is 12.6. The van der Waals surface area contributed by atoms with Gasteiger partial charge < -0.3 is 5.11 Å². The minimum absolute atomic E-state index is 0.106. The highest BCUT2D eigenvalue weighted by Gasteiger charge is 2.33. The highest BCUT2D eigenvalue weighted by Crippen LogP contribution is 2.39. The Morgan fingerprint density at radius 1 is 1.00 bits per heavy atom. The number of hydrazone groups is 1. The third kappa shape index (κ3) is 5.48. The van der Waals surface area contributed by atoms with Crippen molar-refractivity contribution >= 4 is 21.7 Å². The summed E-state index contributed by atoms with van der Waals surface area (Å²) >= 11 is 0. The van der Waals surface area contributed by atoms with Gasteiger partial charge in [-0.05, 0) is 47.1 Å². The van der Waals surface area contributed by atoms with Crippen LogP contribution in [0.25, 0.3) is 0 Å². The maximum absolute atomic E-state index is 12.1. The van der Waals surface area contributed by atoms with Crippen LogP contribution in [0.2, 0.25) is 0 Å². The molecule has 5 nitrogen and oxygen atoms in total. The molecule has 0 spiro atoms. The van der Waals surface area contributed by atoms with Crippen LogP contribution in [0.1, 0.15) is 64.7 Å². The van der Waals surface area contributed by atoms with Gasteiger partial charge in [0.1, 0.15) is 5.75 Å². The zero-order valence-electron chi connectivity index (χ0n) is 19.4. The van der Waals surface area contributed by atoms with Gasteiger partial charge in [-0.3, -0.25) is 5.01 Å². The average molecular weight is 443 g/mol. The minimum Gasteiger partial charge on any atom is -0.507 e. The van der Waals surface area contributed by atoms with E-state index < -0.39 is 9.84 Å². The summed E-state index contributed by atoms with van der Waals surface area (Å²) < 4.78 is 24.2. The molecule has 3 rings (SSSR count). The molecule has 1 saturated heterocycles. The number of benzene rings is 2. The lowest BCUT2D eigenvalue weighted by Gasteiger charge is -2.28. The molecule has 1 aliphatic rings. The molecule has 0 aromatic heterocycles. The zero-order chi connectivity index (χ0) is 23.0.